The van der Waals surface area contributed by atoms with Gasteiger partial charge in [-0.05, 0) is 75.4 Å². The van der Waals surface area contributed by atoms with E-state index in [4.69, 9.17) is 0 Å². The van der Waals surface area contributed by atoms with Gasteiger partial charge in [0.15, 0.2) is 0 Å². The minimum absolute atomic E-state index is 0.0163. The molecular weight excluding hydrogens is 470 g/mol. The number of anilines is 1. The first-order valence-corrected chi connectivity index (χ1v) is 10.8. The summed E-state index contributed by atoms with van der Waals surface area (Å²) in [6, 6.07) is 20.8. The molecule has 0 bridgehead atoms. The summed E-state index contributed by atoms with van der Waals surface area (Å²) in [6.07, 6.45) is 0. The molecule has 0 radical (unpaired) electrons. The molecule has 0 aromatic heterocycles. The van der Waals surface area contributed by atoms with E-state index in [2.05, 4.69) is 52.9 Å². The lowest BCUT2D eigenvalue weighted by molar-refractivity contribution is 0.0846. The molecular formula is C25H24BrN3O3. The van der Waals surface area contributed by atoms with E-state index in [0.29, 0.717) is 26.9 Å². The predicted molar refractivity (Wildman–Crippen MR) is 129 cm³/mol. The van der Waals surface area contributed by atoms with Gasteiger partial charge in [-0.15, -0.1) is 0 Å². The number of hydrogen-bond donors (Lipinski definition) is 3. The Morgan fingerprint density at radius 1 is 0.688 bits per heavy atom. The Hall–Kier alpha value is -3.45. The minimum atomic E-state index is -0.471. The maximum Gasteiger partial charge on any atom is 0.270 e. The van der Waals surface area contributed by atoms with Gasteiger partial charge in [0.2, 0.25) is 0 Å². The van der Waals surface area contributed by atoms with Crippen molar-refractivity contribution < 1.29 is 14.4 Å². The monoisotopic (exact) mass is 493 g/mol. The fourth-order valence-corrected chi connectivity index (χ4v) is 3.39. The minimum Gasteiger partial charge on any atom is -0.322 e. The molecule has 164 valence electrons. The first-order valence-electron chi connectivity index (χ1n) is 10.0. The van der Waals surface area contributed by atoms with Crippen molar-refractivity contribution in [3.8, 4) is 0 Å². The van der Waals surface area contributed by atoms with Crippen LogP contribution in [0.2, 0.25) is 0 Å². The average molecular weight is 494 g/mol. The van der Waals surface area contributed by atoms with E-state index < -0.39 is 11.8 Å². The van der Waals surface area contributed by atoms with Crippen LogP contribution in [0.5, 0.6) is 0 Å². The number of carbonyl (C=O) groups is 3. The van der Waals surface area contributed by atoms with Gasteiger partial charge in [0.05, 0.1) is 5.56 Å². The van der Waals surface area contributed by atoms with E-state index in [0.717, 1.165) is 5.56 Å². The molecule has 0 aliphatic heterocycles. The van der Waals surface area contributed by atoms with Crippen molar-refractivity contribution in [1.29, 1.82) is 0 Å². The third-order valence-electron chi connectivity index (χ3n) is 4.83. The molecule has 3 aromatic rings. The largest absolute Gasteiger partial charge is 0.322 e. The fraction of sp³-hybridized carbons (Fsp3) is 0.160. The highest BCUT2D eigenvalue weighted by Gasteiger charge is 2.15. The summed E-state index contributed by atoms with van der Waals surface area (Å²) < 4.78 is 0.625. The summed E-state index contributed by atoms with van der Waals surface area (Å²) in [7, 11) is 0. The van der Waals surface area contributed by atoms with Gasteiger partial charge in [-0.25, -0.2) is 0 Å². The molecule has 0 saturated carbocycles. The van der Waals surface area contributed by atoms with Gasteiger partial charge in [-0.3, -0.25) is 25.2 Å². The molecule has 0 spiro atoms. The molecule has 3 amide bonds. The van der Waals surface area contributed by atoms with Crippen molar-refractivity contribution in [2.24, 2.45) is 0 Å². The SMILES string of the molecule is CC(C)(C)c1ccc(C(=O)Nc2ccc(C(=O)NNC(=O)c3ccccc3Br)cc2)cc1. The van der Waals surface area contributed by atoms with Crippen molar-refractivity contribution in [3.05, 3.63) is 99.5 Å². The highest BCUT2D eigenvalue weighted by atomic mass is 79.9. The zero-order valence-electron chi connectivity index (χ0n) is 18.0. The Morgan fingerprint density at radius 2 is 1.22 bits per heavy atom. The van der Waals surface area contributed by atoms with Crippen LogP contribution >= 0.6 is 15.9 Å². The zero-order chi connectivity index (χ0) is 23.3. The van der Waals surface area contributed by atoms with E-state index in [1.807, 2.05) is 12.1 Å². The first-order chi connectivity index (χ1) is 15.1. The Labute approximate surface area is 195 Å². The summed E-state index contributed by atoms with van der Waals surface area (Å²) in [6.45, 7) is 6.35. The molecule has 32 heavy (non-hydrogen) atoms. The van der Waals surface area contributed by atoms with Crippen LogP contribution in [0.1, 0.15) is 57.4 Å². The van der Waals surface area contributed by atoms with Crippen LogP contribution in [0.3, 0.4) is 0 Å². The van der Waals surface area contributed by atoms with Gasteiger partial charge in [0, 0.05) is 21.3 Å². The highest BCUT2D eigenvalue weighted by Crippen LogP contribution is 2.22. The molecule has 7 heteroatoms. The second kappa shape index (κ2) is 9.78. The normalized spacial score (nSPS) is 10.9. The van der Waals surface area contributed by atoms with Gasteiger partial charge < -0.3 is 5.32 Å². The van der Waals surface area contributed by atoms with Crippen LogP contribution in [0, 0.1) is 0 Å². The third kappa shape index (κ3) is 5.82. The standard InChI is InChI=1S/C25H24BrN3O3/c1-25(2,3)18-12-8-16(9-13-18)22(30)27-19-14-10-17(11-15-19)23(31)28-29-24(32)20-6-4-5-7-21(20)26/h4-15H,1-3H3,(H,27,30)(H,28,31)(H,29,32). The summed E-state index contributed by atoms with van der Waals surface area (Å²) in [5.74, 6) is -1.14. The molecule has 0 atom stereocenters. The van der Waals surface area contributed by atoms with Crippen LogP contribution in [0.25, 0.3) is 0 Å². The van der Waals surface area contributed by atoms with Crippen LogP contribution in [-0.4, -0.2) is 17.7 Å². The molecule has 0 heterocycles. The molecule has 3 rings (SSSR count). The summed E-state index contributed by atoms with van der Waals surface area (Å²) in [4.78, 5) is 37.0. The summed E-state index contributed by atoms with van der Waals surface area (Å²) in [5.41, 5.74) is 7.78. The van der Waals surface area contributed by atoms with Gasteiger partial charge in [-0.1, -0.05) is 45.0 Å². The molecule has 0 unspecified atom stereocenters. The average Bonchev–Trinajstić information content (AvgIpc) is 2.77. The van der Waals surface area contributed by atoms with Gasteiger partial charge in [-0.2, -0.15) is 0 Å². The zero-order valence-corrected chi connectivity index (χ0v) is 19.6. The second-order valence-electron chi connectivity index (χ2n) is 8.25. The van der Waals surface area contributed by atoms with E-state index in [9.17, 15) is 14.4 Å². The van der Waals surface area contributed by atoms with Crippen LogP contribution in [0.4, 0.5) is 5.69 Å². The third-order valence-corrected chi connectivity index (χ3v) is 5.52. The number of benzene rings is 3. The topological polar surface area (TPSA) is 87.3 Å². The van der Waals surface area contributed by atoms with Crippen LogP contribution in [0.15, 0.2) is 77.3 Å². The van der Waals surface area contributed by atoms with Crippen LogP contribution in [-0.2, 0) is 5.41 Å². The molecule has 3 N–H and O–H groups in total. The Morgan fingerprint density at radius 3 is 1.81 bits per heavy atom. The lowest BCUT2D eigenvalue weighted by atomic mass is 9.87. The molecule has 3 aromatic carbocycles. The number of amides is 3. The summed E-state index contributed by atoms with van der Waals surface area (Å²) in [5, 5.41) is 2.81. The van der Waals surface area contributed by atoms with Gasteiger partial charge >= 0.3 is 0 Å². The number of hydrogen-bond acceptors (Lipinski definition) is 3. The van der Waals surface area contributed by atoms with Crippen molar-refractivity contribution in [2.75, 3.05) is 5.32 Å². The maximum atomic E-state index is 12.5. The number of hydrazine groups is 1. The molecule has 0 aliphatic carbocycles. The van der Waals surface area contributed by atoms with E-state index in [1.54, 1.807) is 60.7 Å². The number of nitrogens with one attached hydrogen (secondary N) is 3. The smallest absolute Gasteiger partial charge is 0.270 e. The predicted octanol–water partition coefficient (Wildman–Crippen LogP) is 5.07. The number of halogens is 1. The van der Waals surface area contributed by atoms with E-state index in [-0.39, 0.29) is 11.3 Å². The highest BCUT2D eigenvalue weighted by molar-refractivity contribution is 9.10. The number of carbonyl (C=O) groups excluding carboxylic acids is 3. The lowest BCUT2D eigenvalue weighted by Gasteiger charge is -2.19. The number of rotatable bonds is 4. The van der Waals surface area contributed by atoms with E-state index in [1.165, 1.54) is 0 Å². The van der Waals surface area contributed by atoms with Crippen LogP contribution < -0.4 is 16.2 Å². The quantitative estimate of drug-likeness (QED) is 0.443. The van der Waals surface area contributed by atoms with E-state index >= 15 is 0 Å². The molecule has 0 saturated heterocycles. The molecule has 0 fully saturated rings. The Kier molecular flexibility index (Phi) is 7.10. The lowest BCUT2D eigenvalue weighted by Crippen LogP contribution is -2.41. The summed E-state index contributed by atoms with van der Waals surface area (Å²) >= 11 is 3.30. The Bertz CT molecular complexity index is 1130. The fourth-order valence-electron chi connectivity index (χ4n) is 2.93. The molecule has 0 aliphatic rings. The van der Waals surface area contributed by atoms with Crippen molar-refractivity contribution in [1.82, 2.24) is 10.9 Å². The molecule has 6 nitrogen and oxygen atoms in total. The first kappa shape index (κ1) is 23.2. The second-order valence-corrected chi connectivity index (χ2v) is 9.10. The van der Waals surface area contributed by atoms with Gasteiger partial charge in [0.25, 0.3) is 17.7 Å². The van der Waals surface area contributed by atoms with Crippen molar-refractivity contribution in [2.45, 2.75) is 26.2 Å². The van der Waals surface area contributed by atoms with Gasteiger partial charge in [0.1, 0.15) is 0 Å². The maximum absolute atomic E-state index is 12.5. The van der Waals surface area contributed by atoms with Crippen molar-refractivity contribution >= 4 is 39.3 Å². The Balaban J connectivity index is 1.57. The van der Waals surface area contributed by atoms with Crippen molar-refractivity contribution in [3.63, 3.8) is 0 Å².